The first-order valence-electron chi connectivity index (χ1n) is 9.14. The van der Waals surface area contributed by atoms with Crippen LogP contribution < -0.4 is 9.80 Å². The summed E-state index contributed by atoms with van der Waals surface area (Å²) in [5.74, 6) is 2.80. The highest BCUT2D eigenvalue weighted by Gasteiger charge is 2.32. The van der Waals surface area contributed by atoms with Crippen molar-refractivity contribution in [2.45, 2.75) is 58.0 Å². The summed E-state index contributed by atoms with van der Waals surface area (Å²) in [4.78, 5) is 13.6. The highest BCUT2D eigenvalue weighted by Crippen LogP contribution is 2.30. The molecule has 5 heteroatoms. The van der Waals surface area contributed by atoms with E-state index in [1.807, 2.05) is 0 Å². The third kappa shape index (κ3) is 3.94. The maximum absolute atomic E-state index is 10.6. The number of hydrogen-bond acceptors (Lipinski definition) is 5. The summed E-state index contributed by atoms with van der Waals surface area (Å²) >= 11 is 0. The summed E-state index contributed by atoms with van der Waals surface area (Å²) in [6, 6.07) is 2.13. The lowest BCUT2D eigenvalue weighted by Crippen LogP contribution is -2.44. The van der Waals surface area contributed by atoms with E-state index in [9.17, 15) is 5.11 Å². The van der Waals surface area contributed by atoms with Crippen LogP contribution in [0.3, 0.4) is 0 Å². The predicted molar refractivity (Wildman–Crippen MR) is 93.9 cm³/mol. The number of piperidine rings is 2. The van der Waals surface area contributed by atoms with E-state index in [1.165, 1.54) is 12.8 Å². The van der Waals surface area contributed by atoms with Gasteiger partial charge in [0.25, 0.3) is 0 Å². The number of aromatic nitrogens is 2. The van der Waals surface area contributed by atoms with Crippen LogP contribution in [0.4, 0.5) is 11.6 Å². The van der Waals surface area contributed by atoms with Gasteiger partial charge in [-0.05, 0) is 38.0 Å². The van der Waals surface area contributed by atoms with Gasteiger partial charge in [0, 0.05) is 32.2 Å². The van der Waals surface area contributed by atoms with Crippen LogP contribution in [0.5, 0.6) is 0 Å². The fourth-order valence-electron chi connectivity index (χ4n) is 3.95. The van der Waals surface area contributed by atoms with E-state index in [-0.39, 0.29) is 0 Å². The van der Waals surface area contributed by atoms with E-state index in [4.69, 9.17) is 0 Å². The molecule has 0 amide bonds. The zero-order chi connectivity index (χ0) is 16.3. The molecule has 0 aromatic carbocycles. The standard InChI is InChI=1S/C18H30N4O/c1-3-6-18(23)7-10-21(11-8-18)16-12-17(20-14-19-16)22-9-4-5-15(2)13-22/h12,14-15,23H,3-11,13H2,1-2H3. The minimum atomic E-state index is -0.469. The number of aliphatic hydroxyl groups is 1. The van der Waals surface area contributed by atoms with Crippen molar-refractivity contribution in [3.8, 4) is 0 Å². The molecular formula is C18H30N4O. The van der Waals surface area contributed by atoms with Crippen LogP contribution in [-0.4, -0.2) is 46.9 Å². The molecule has 0 radical (unpaired) electrons. The second-order valence-electron chi connectivity index (χ2n) is 7.39. The molecule has 23 heavy (non-hydrogen) atoms. The molecule has 1 aromatic heterocycles. The number of nitrogens with zero attached hydrogens (tertiary/aromatic N) is 4. The Kier molecular flexibility index (Phi) is 5.05. The second-order valence-corrected chi connectivity index (χ2v) is 7.39. The molecule has 0 aliphatic carbocycles. The fourth-order valence-corrected chi connectivity index (χ4v) is 3.95. The minimum absolute atomic E-state index is 0.469. The molecule has 1 atom stereocenters. The molecule has 2 aliphatic rings. The number of anilines is 2. The van der Waals surface area contributed by atoms with E-state index >= 15 is 0 Å². The summed E-state index contributed by atoms with van der Waals surface area (Å²) in [6.45, 7) is 8.39. The summed E-state index contributed by atoms with van der Waals surface area (Å²) < 4.78 is 0. The van der Waals surface area contributed by atoms with Crippen molar-refractivity contribution >= 4 is 11.6 Å². The fraction of sp³-hybridized carbons (Fsp3) is 0.778. The Morgan fingerprint density at radius 1 is 1.17 bits per heavy atom. The largest absolute Gasteiger partial charge is 0.390 e. The van der Waals surface area contributed by atoms with Gasteiger partial charge in [0.05, 0.1) is 5.60 Å². The van der Waals surface area contributed by atoms with E-state index < -0.39 is 5.60 Å². The summed E-state index contributed by atoms with van der Waals surface area (Å²) in [5.41, 5.74) is -0.469. The number of hydrogen-bond donors (Lipinski definition) is 1. The molecule has 1 unspecified atom stereocenters. The third-order valence-corrected chi connectivity index (χ3v) is 5.35. The van der Waals surface area contributed by atoms with Crippen LogP contribution in [-0.2, 0) is 0 Å². The molecule has 2 aliphatic heterocycles. The average molecular weight is 318 g/mol. The van der Waals surface area contributed by atoms with Gasteiger partial charge < -0.3 is 14.9 Å². The van der Waals surface area contributed by atoms with Gasteiger partial charge in [-0.2, -0.15) is 0 Å². The lowest BCUT2D eigenvalue weighted by atomic mass is 9.87. The Labute approximate surface area is 139 Å². The molecule has 0 saturated carbocycles. The van der Waals surface area contributed by atoms with Gasteiger partial charge in [-0.3, -0.25) is 0 Å². The van der Waals surface area contributed by atoms with E-state index in [1.54, 1.807) is 6.33 Å². The molecule has 5 nitrogen and oxygen atoms in total. The Morgan fingerprint density at radius 2 is 1.87 bits per heavy atom. The van der Waals surface area contributed by atoms with Crippen molar-refractivity contribution in [1.29, 1.82) is 0 Å². The van der Waals surface area contributed by atoms with Crippen LogP contribution in [0.1, 0.15) is 52.4 Å². The van der Waals surface area contributed by atoms with Gasteiger partial charge >= 0.3 is 0 Å². The SMILES string of the molecule is CCCC1(O)CCN(c2cc(N3CCCC(C)C3)ncn2)CC1. The van der Waals surface area contributed by atoms with Crippen molar-refractivity contribution in [1.82, 2.24) is 9.97 Å². The van der Waals surface area contributed by atoms with Crippen molar-refractivity contribution in [3.05, 3.63) is 12.4 Å². The van der Waals surface area contributed by atoms with Crippen molar-refractivity contribution in [2.75, 3.05) is 36.0 Å². The average Bonchev–Trinajstić information content (AvgIpc) is 2.56. The molecular weight excluding hydrogens is 288 g/mol. The van der Waals surface area contributed by atoms with Crippen molar-refractivity contribution < 1.29 is 5.11 Å². The van der Waals surface area contributed by atoms with Crippen LogP contribution >= 0.6 is 0 Å². The summed E-state index contributed by atoms with van der Waals surface area (Å²) in [6.07, 6.45) is 7.87. The Hall–Kier alpha value is -1.36. The zero-order valence-electron chi connectivity index (χ0n) is 14.5. The quantitative estimate of drug-likeness (QED) is 0.925. The first kappa shape index (κ1) is 16.5. The van der Waals surface area contributed by atoms with E-state index in [0.717, 1.165) is 69.4 Å². The van der Waals surface area contributed by atoms with Crippen LogP contribution in [0.15, 0.2) is 12.4 Å². The zero-order valence-corrected chi connectivity index (χ0v) is 14.5. The molecule has 1 aromatic rings. The molecule has 1 N–H and O–H groups in total. The van der Waals surface area contributed by atoms with Crippen LogP contribution in [0.25, 0.3) is 0 Å². The van der Waals surface area contributed by atoms with Crippen molar-refractivity contribution in [2.24, 2.45) is 5.92 Å². The van der Waals surface area contributed by atoms with Gasteiger partial charge in [0.2, 0.25) is 0 Å². The lowest BCUT2D eigenvalue weighted by Gasteiger charge is -2.39. The Bertz CT molecular complexity index is 513. The Balaban J connectivity index is 1.66. The predicted octanol–water partition coefficient (Wildman–Crippen LogP) is 2.84. The second kappa shape index (κ2) is 7.04. The maximum atomic E-state index is 10.6. The van der Waals surface area contributed by atoms with E-state index in [0.29, 0.717) is 0 Å². The minimum Gasteiger partial charge on any atom is -0.390 e. The highest BCUT2D eigenvalue weighted by molar-refractivity contribution is 5.50. The number of rotatable bonds is 4. The summed E-state index contributed by atoms with van der Waals surface area (Å²) in [5, 5.41) is 10.6. The topological polar surface area (TPSA) is 52.5 Å². The molecule has 0 bridgehead atoms. The first-order chi connectivity index (χ1) is 11.1. The van der Waals surface area contributed by atoms with Crippen LogP contribution in [0, 0.1) is 5.92 Å². The van der Waals surface area contributed by atoms with E-state index in [2.05, 4.69) is 39.7 Å². The normalized spacial score (nSPS) is 24.7. The molecule has 128 valence electrons. The third-order valence-electron chi connectivity index (χ3n) is 5.35. The smallest absolute Gasteiger partial charge is 0.134 e. The monoisotopic (exact) mass is 318 g/mol. The van der Waals surface area contributed by atoms with Gasteiger partial charge in [0.1, 0.15) is 18.0 Å². The lowest BCUT2D eigenvalue weighted by molar-refractivity contribution is 0.00729. The molecule has 2 saturated heterocycles. The molecule has 2 fully saturated rings. The van der Waals surface area contributed by atoms with Gasteiger partial charge in [-0.15, -0.1) is 0 Å². The van der Waals surface area contributed by atoms with Crippen molar-refractivity contribution in [3.63, 3.8) is 0 Å². The van der Waals surface area contributed by atoms with Gasteiger partial charge in [-0.1, -0.05) is 20.3 Å². The Morgan fingerprint density at radius 3 is 2.52 bits per heavy atom. The first-order valence-corrected chi connectivity index (χ1v) is 9.14. The molecule has 3 heterocycles. The highest BCUT2D eigenvalue weighted by atomic mass is 16.3. The summed E-state index contributed by atoms with van der Waals surface area (Å²) in [7, 11) is 0. The van der Waals surface area contributed by atoms with Gasteiger partial charge in [-0.25, -0.2) is 9.97 Å². The maximum Gasteiger partial charge on any atom is 0.134 e. The van der Waals surface area contributed by atoms with Gasteiger partial charge in [0.15, 0.2) is 0 Å². The van der Waals surface area contributed by atoms with Crippen LogP contribution in [0.2, 0.25) is 0 Å². The molecule has 3 rings (SSSR count). The molecule has 0 spiro atoms.